The Morgan fingerprint density at radius 3 is 2.73 bits per heavy atom. The summed E-state index contributed by atoms with van der Waals surface area (Å²) in [5, 5.41) is 17.6. The Hall–Kier alpha value is -2.56. The molecule has 0 amide bonds. The second kappa shape index (κ2) is 11.0. The summed E-state index contributed by atoms with van der Waals surface area (Å²) in [7, 11) is 3.70. The third-order valence-electron chi connectivity index (χ3n) is 5.07. The van der Waals surface area contributed by atoms with Crippen molar-refractivity contribution in [3.8, 4) is 0 Å². The topological polar surface area (TPSA) is 112 Å². The molecule has 30 heavy (non-hydrogen) atoms. The molecule has 1 saturated heterocycles. The third kappa shape index (κ3) is 6.75. The molecule has 1 unspecified atom stereocenters. The van der Waals surface area contributed by atoms with Gasteiger partial charge in [0.05, 0.1) is 18.4 Å². The highest BCUT2D eigenvalue weighted by Crippen LogP contribution is 2.25. The fourth-order valence-electron chi connectivity index (χ4n) is 3.68. The van der Waals surface area contributed by atoms with E-state index in [0.29, 0.717) is 26.2 Å². The number of likely N-dealkylation sites (N-methyl/N-ethyl adjacent to an activating group) is 1. The Labute approximate surface area is 177 Å². The van der Waals surface area contributed by atoms with E-state index in [1.165, 1.54) is 6.33 Å². The van der Waals surface area contributed by atoms with Crippen molar-refractivity contribution in [1.29, 1.82) is 0 Å². The molecule has 0 bridgehead atoms. The molecule has 1 fully saturated rings. The van der Waals surface area contributed by atoms with Gasteiger partial charge in [0.1, 0.15) is 23.8 Å². The summed E-state index contributed by atoms with van der Waals surface area (Å²) in [6, 6.07) is 1.88. The van der Waals surface area contributed by atoms with Crippen molar-refractivity contribution >= 4 is 17.5 Å². The summed E-state index contributed by atoms with van der Waals surface area (Å²) in [4.78, 5) is 21.2. The minimum Gasteiger partial charge on any atom is -0.387 e. The van der Waals surface area contributed by atoms with Crippen LogP contribution in [0, 0.1) is 0 Å². The van der Waals surface area contributed by atoms with E-state index >= 15 is 0 Å². The van der Waals surface area contributed by atoms with Crippen LogP contribution in [0.15, 0.2) is 31.0 Å². The van der Waals surface area contributed by atoms with Crippen LogP contribution in [0.25, 0.3) is 0 Å². The van der Waals surface area contributed by atoms with Gasteiger partial charge in [0, 0.05) is 64.8 Å². The maximum absolute atomic E-state index is 11.1. The number of ether oxygens (including phenoxy) is 1. The lowest BCUT2D eigenvalue weighted by Gasteiger charge is -2.41. The molecular weight excluding hydrogens is 384 g/mol. The molecular formula is C20H32N8O2. The molecule has 3 heterocycles. The highest BCUT2D eigenvalue weighted by molar-refractivity contribution is 5.46. The zero-order valence-corrected chi connectivity index (χ0v) is 17.8. The molecule has 164 valence electrons. The van der Waals surface area contributed by atoms with Crippen molar-refractivity contribution in [3.63, 3.8) is 0 Å². The van der Waals surface area contributed by atoms with Gasteiger partial charge in [-0.05, 0) is 19.9 Å². The van der Waals surface area contributed by atoms with E-state index < -0.39 is 5.60 Å². The lowest BCUT2D eigenvalue weighted by molar-refractivity contribution is -0.000952. The summed E-state index contributed by atoms with van der Waals surface area (Å²) >= 11 is 0. The monoisotopic (exact) mass is 416 g/mol. The van der Waals surface area contributed by atoms with Gasteiger partial charge in [0.15, 0.2) is 0 Å². The third-order valence-corrected chi connectivity index (χ3v) is 5.07. The number of hydrogen-bond donors (Lipinski definition) is 3. The molecule has 1 atom stereocenters. The Morgan fingerprint density at radius 2 is 2.00 bits per heavy atom. The summed E-state index contributed by atoms with van der Waals surface area (Å²) in [5.41, 5.74) is -0.766. The summed E-state index contributed by atoms with van der Waals surface area (Å²) in [6.07, 6.45) is 8.35. The van der Waals surface area contributed by atoms with Gasteiger partial charge in [-0.1, -0.05) is 0 Å². The molecule has 1 aliphatic heterocycles. The van der Waals surface area contributed by atoms with Crippen molar-refractivity contribution in [2.24, 2.45) is 0 Å². The SMILES string of the molecule is COCCNc1cc(NCCN(C)CC2(O)CCCN(c3cnccn3)C2)ncn1. The van der Waals surface area contributed by atoms with Gasteiger partial charge in [0.2, 0.25) is 0 Å². The summed E-state index contributed by atoms with van der Waals surface area (Å²) in [5.74, 6) is 2.35. The van der Waals surface area contributed by atoms with Crippen LogP contribution in [0.5, 0.6) is 0 Å². The number of β-amino-alcohol motifs (C(OH)–C–C–N with tert-alkyl or cyclic N) is 1. The maximum atomic E-state index is 11.1. The first-order valence-electron chi connectivity index (χ1n) is 10.3. The first-order chi connectivity index (χ1) is 14.6. The van der Waals surface area contributed by atoms with Crippen molar-refractivity contribution in [2.45, 2.75) is 18.4 Å². The number of aliphatic hydroxyl groups is 1. The smallest absolute Gasteiger partial charge is 0.147 e. The lowest BCUT2D eigenvalue weighted by atomic mass is 9.92. The number of rotatable bonds is 11. The van der Waals surface area contributed by atoms with Crippen molar-refractivity contribution < 1.29 is 9.84 Å². The predicted octanol–water partition coefficient (Wildman–Crippen LogP) is 0.700. The number of nitrogens with one attached hydrogen (secondary N) is 2. The van der Waals surface area contributed by atoms with Crippen LogP contribution in [0.3, 0.4) is 0 Å². The number of methoxy groups -OCH3 is 1. The first-order valence-corrected chi connectivity index (χ1v) is 10.3. The Bertz CT molecular complexity index is 765. The maximum Gasteiger partial charge on any atom is 0.147 e. The summed E-state index contributed by atoms with van der Waals surface area (Å²) in [6.45, 7) is 4.86. The van der Waals surface area contributed by atoms with E-state index in [2.05, 4.69) is 40.4 Å². The van der Waals surface area contributed by atoms with Crippen LogP contribution < -0.4 is 15.5 Å². The fourth-order valence-corrected chi connectivity index (χ4v) is 3.68. The Balaban J connectivity index is 1.44. The largest absolute Gasteiger partial charge is 0.387 e. The number of nitrogens with zero attached hydrogens (tertiary/aromatic N) is 6. The van der Waals surface area contributed by atoms with Crippen molar-refractivity contribution in [1.82, 2.24) is 24.8 Å². The molecule has 0 saturated carbocycles. The van der Waals surface area contributed by atoms with E-state index in [1.807, 2.05) is 13.1 Å². The van der Waals surface area contributed by atoms with Crippen LogP contribution in [-0.2, 0) is 4.74 Å². The standard InChI is InChI=1S/C20H32N8O2/c1-27(10-7-22-17-12-18(26-16-25-17)23-8-11-30-2)14-20(29)4-3-9-28(15-20)19-13-21-5-6-24-19/h5-6,12-13,16,29H,3-4,7-11,14-15H2,1-2H3,(H2,22,23,25,26). The van der Waals surface area contributed by atoms with Crippen LogP contribution in [0.2, 0.25) is 0 Å². The second-order valence-corrected chi connectivity index (χ2v) is 7.69. The zero-order valence-electron chi connectivity index (χ0n) is 17.8. The van der Waals surface area contributed by atoms with Crippen LogP contribution >= 0.6 is 0 Å². The minimum atomic E-state index is -0.766. The number of aromatic nitrogens is 4. The molecule has 0 radical (unpaired) electrons. The minimum absolute atomic E-state index is 0.561. The first kappa shape index (κ1) is 22.1. The number of hydrogen-bond acceptors (Lipinski definition) is 10. The van der Waals surface area contributed by atoms with Crippen LogP contribution in [-0.4, -0.2) is 95.6 Å². The van der Waals surface area contributed by atoms with Gasteiger partial charge in [-0.2, -0.15) is 0 Å². The summed E-state index contributed by atoms with van der Waals surface area (Å²) < 4.78 is 5.03. The molecule has 10 nitrogen and oxygen atoms in total. The molecule has 2 aromatic heterocycles. The predicted molar refractivity (Wildman–Crippen MR) is 117 cm³/mol. The van der Waals surface area contributed by atoms with E-state index in [0.717, 1.165) is 49.9 Å². The van der Waals surface area contributed by atoms with Crippen molar-refractivity contribution in [3.05, 3.63) is 31.0 Å². The van der Waals surface area contributed by atoms with Gasteiger partial charge in [-0.15, -0.1) is 0 Å². The van der Waals surface area contributed by atoms with Crippen LogP contribution in [0.4, 0.5) is 17.5 Å². The second-order valence-electron chi connectivity index (χ2n) is 7.69. The Kier molecular flexibility index (Phi) is 8.12. The number of anilines is 3. The average Bonchev–Trinajstić information content (AvgIpc) is 2.74. The highest BCUT2D eigenvalue weighted by atomic mass is 16.5. The molecule has 3 N–H and O–H groups in total. The van der Waals surface area contributed by atoms with E-state index in [9.17, 15) is 5.11 Å². The molecule has 10 heteroatoms. The van der Waals surface area contributed by atoms with Gasteiger partial charge < -0.3 is 30.3 Å². The molecule has 0 aliphatic carbocycles. The molecule has 1 aliphatic rings. The Morgan fingerprint density at radius 1 is 1.20 bits per heavy atom. The van der Waals surface area contributed by atoms with Gasteiger partial charge in [0.25, 0.3) is 0 Å². The zero-order chi connectivity index (χ0) is 21.2. The van der Waals surface area contributed by atoms with E-state index in [-0.39, 0.29) is 0 Å². The molecule has 2 aromatic rings. The fraction of sp³-hybridized carbons (Fsp3) is 0.600. The van der Waals surface area contributed by atoms with E-state index in [4.69, 9.17) is 4.74 Å². The number of piperidine rings is 1. The van der Waals surface area contributed by atoms with Gasteiger partial charge in [-0.3, -0.25) is 4.98 Å². The van der Waals surface area contributed by atoms with E-state index in [1.54, 1.807) is 25.7 Å². The highest BCUT2D eigenvalue weighted by Gasteiger charge is 2.34. The quantitative estimate of drug-likeness (QED) is 0.453. The molecule has 3 rings (SSSR count). The van der Waals surface area contributed by atoms with Gasteiger partial charge in [-0.25, -0.2) is 15.0 Å². The van der Waals surface area contributed by atoms with Gasteiger partial charge >= 0.3 is 0 Å². The normalized spacial score (nSPS) is 19.1. The lowest BCUT2D eigenvalue weighted by Crippen LogP contribution is -2.54. The molecule has 0 spiro atoms. The molecule has 0 aromatic carbocycles. The average molecular weight is 417 g/mol. The van der Waals surface area contributed by atoms with Crippen molar-refractivity contribution in [2.75, 3.05) is 75.6 Å². The van der Waals surface area contributed by atoms with Crippen LogP contribution in [0.1, 0.15) is 12.8 Å².